The van der Waals surface area contributed by atoms with E-state index in [0.717, 1.165) is 25.9 Å². The molecule has 21 heavy (non-hydrogen) atoms. The molecule has 0 aromatic heterocycles. The van der Waals surface area contributed by atoms with E-state index in [1.807, 2.05) is 0 Å². The molecule has 0 unspecified atom stereocenters. The molecule has 1 saturated heterocycles. The average molecular weight is 293 g/mol. The van der Waals surface area contributed by atoms with Crippen molar-refractivity contribution in [3.63, 3.8) is 0 Å². The molecule has 1 aromatic rings. The molecule has 0 saturated carbocycles. The number of rotatable bonds is 3. The zero-order valence-electron chi connectivity index (χ0n) is 13.0. The van der Waals surface area contributed by atoms with Crippen molar-refractivity contribution >= 4 is 11.6 Å². The Morgan fingerprint density at radius 2 is 2.05 bits per heavy atom. The van der Waals surface area contributed by atoms with Gasteiger partial charge in [0.05, 0.1) is 5.56 Å². The van der Waals surface area contributed by atoms with E-state index in [1.165, 1.54) is 12.1 Å². The van der Waals surface area contributed by atoms with Crippen LogP contribution in [-0.2, 0) is 0 Å². The number of hydrogen-bond donors (Lipinski definition) is 2. The van der Waals surface area contributed by atoms with E-state index in [4.69, 9.17) is 5.73 Å². The predicted octanol–water partition coefficient (Wildman–Crippen LogP) is 2.18. The van der Waals surface area contributed by atoms with Crippen LogP contribution in [0.2, 0.25) is 0 Å². The van der Waals surface area contributed by atoms with Crippen LogP contribution in [0, 0.1) is 18.2 Å². The van der Waals surface area contributed by atoms with Gasteiger partial charge in [0.15, 0.2) is 0 Å². The summed E-state index contributed by atoms with van der Waals surface area (Å²) in [5.41, 5.74) is 6.60. The minimum Gasteiger partial charge on any atom is -0.399 e. The summed E-state index contributed by atoms with van der Waals surface area (Å²) in [5.74, 6) is -0.877. The Morgan fingerprint density at radius 1 is 1.43 bits per heavy atom. The van der Waals surface area contributed by atoms with E-state index in [2.05, 4.69) is 24.2 Å². The molecule has 1 heterocycles. The van der Waals surface area contributed by atoms with E-state index in [1.54, 1.807) is 6.92 Å². The first-order valence-corrected chi connectivity index (χ1v) is 7.33. The number of likely N-dealkylation sites (tertiary alicyclic amines) is 1. The van der Waals surface area contributed by atoms with Crippen LogP contribution in [0.4, 0.5) is 10.1 Å². The molecule has 1 aromatic carbocycles. The maximum absolute atomic E-state index is 14.0. The Bertz CT molecular complexity index is 537. The van der Waals surface area contributed by atoms with Gasteiger partial charge in [-0.05, 0) is 63.0 Å². The number of aryl methyl sites for hydroxylation is 1. The van der Waals surface area contributed by atoms with Gasteiger partial charge in [-0.3, -0.25) is 4.79 Å². The third-order valence-electron chi connectivity index (χ3n) is 4.39. The maximum atomic E-state index is 14.0. The highest BCUT2D eigenvalue weighted by molar-refractivity contribution is 5.95. The molecule has 4 nitrogen and oxygen atoms in total. The Morgan fingerprint density at radius 3 is 2.67 bits per heavy atom. The second kappa shape index (κ2) is 6.02. The molecular formula is C16H24FN3O. The molecule has 2 rings (SSSR count). The summed E-state index contributed by atoms with van der Waals surface area (Å²) in [4.78, 5) is 14.5. The highest BCUT2D eigenvalue weighted by Gasteiger charge is 2.29. The third-order valence-corrected chi connectivity index (χ3v) is 4.39. The summed E-state index contributed by atoms with van der Waals surface area (Å²) in [6.07, 6.45) is 2.06. The summed E-state index contributed by atoms with van der Waals surface area (Å²) in [6, 6.07) is 2.93. The zero-order chi connectivity index (χ0) is 15.6. The van der Waals surface area contributed by atoms with E-state index in [-0.39, 0.29) is 16.9 Å². The number of nitrogens with zero attached hydrogens (tertiary/aromatic N) is 1. The molecular weight excluding hydrogens is 269 g/mol. The van der Waals surface area contributed by atoms with E-state index in [0.29, 0.717) is 17.8 Å². The average Bonchev–Trinajstić information content (AvgIpc) is 2.44. The second-order valence-corrected chi connectivity index (χ2v) is 6.50. The summed E-state index contributed by atoms with van der Waals surface area (Å²) >= 11 is 0. The lowest BCUT2D eigenvalue weighted by atomic mass is 9.80. The molecule has 5 heteroatoms. The Kier molecular flexibility index (Phi) is 4.52. The van der Waals surface area contributed by atoms with E-state index in [9.17, 15) is 9.18 Å². The van der Waals surface area contributed by atoms with Gasteiger partial charge in [0.25, 0.3) is 5.91 Å². The second-order valence-electron chi connectivity index (χ2n) is 6.50. The molecule has 116 valence electrons. The van der Waals surface area contributed by atoms with Crippen molar-refractivity contribution in [2.24, 2.45) is 5.41 Å². The minimum atomic E-state index is -0.491. The molecule has 0 bridgehead atoms. The molecule has 0 radical (unpaired) electrons. The fourth-order valence-electron chi connectivity index (χ4n) is 2.69. The number of nitrogen functional groups attached to an aromatic ring is 1. The summed E-state index contributed by atoms with van der Waals surface area (Å²) in [7, 11) is 2.10. The number of carbonyl (C=O) groups excluding carboxylic acids is 1. The van der Waals surface area contributed by atoms with Crippen molar-refractivity contribution in [1.29, 1.82) is 0 Å². The number of halogens is 1. The van der Waals surface area contributed by atoms with Gasteiger partial charge in [0.2, 0.25) is 0 Å². The fraction of sp³-hybridized carbons (Fsp3) is 0.562. The standard InChI is InChI=1S/C16H24FN3O/c1-11-8-12(18)9-13(14(11)17)15(21)19-10-16(2)4-6-20(3)7-5-16/h8-9H,4-7,10,18H2,1-3H3,(H,19,21). The number of nitrogens with two attached hydrogens (primary N) is 1. The molecule has 0 spiro atoms. The summed E-state index contributed by atoms with van der Waals surface area (Å²) < 4.78 is 14.0. The number of carbonyl (C=O) groups is 1. The Labute approximate surface area is 125 Å². The number of nitrogens with one attached hydrogen (secondary N) is 1. The smallest absolute Gasteiger partial charge is 0.254 e. The number of piperidine rings is 1. The van der Waals surface area contributed by atoms with Crippen molar-refractivity contribution in [1.82, 2.24) is 10.2 Å². The number of anilines is 1. The van der Waals surface area contributed by atoms with Crippen molar-refractivity contribution in [2.75, 3.05) is 32.4 Å². The van der Waals surface area contributed by atoms with Gasteiger partial charge in [-0.25, -0.2) is 4.39 Å². The van der Waals surface area contributed by atoms with Gasteiger partial charge >= 0.3 is 0 Å². The topological polar surface area (TPSA) is 58.4 Å². The van der Waals surface area contributed by atoms with Crippen LogP contribution in [0.25, 0.3) is 0 Å². The van der Waals surface area contributed by atoms with E-state index < -0.39 is 5.82 Å². The van der Waals surface area contributed by atoms with Crippen molar-refractivity contribution in [2.45, 2.75) is 26.7 Å². The first kappa shape index (κ1) is 15.8. The van der Waals surface area contributed by atoms with Crippen LogP contribution in [-0.4, -0.2) is 37.5 Å². The molecule has 0 atom stereocenters. The Balaban J connectivity index is 2.02. The van der Waals surface area contributed by atoms with Crippen LogP contribution in [0.5, 0.6) is 0 Å². The summed E-state index contributed by atoms with van der Waals surface area (Å²) in [5, 5.41) is 2.87. The molecule has 0 aliphatic carbocycles. The van der Waals surface area contributed by atoms with Gasteiger partial charge in [0, 0.05) is 12.2 Å². The first-order valence-electron chi connectivity index (χ1n) is 7.33. The monoisotopic (exact) mass is 293 g/mol. The lowest BCUT2D eigenvalue weighted by Crippen LogP contribution is -2.43. The minimum absolute atomic E-state index is 0.0315. The highest BCUT2D eigenvalue weighted by atomic mass is 19.1. The van der Waals surface area contributed by atoms with Gasteiger partial charge in [0.1, 0.15) is 5.82 Å². The maximum Gasteiger partial charge on any atom is 0.254 e. The lowest BCUT2D eigenvalue weighted by Gasteiger charge is -2.37. The van der Waals surface area contributed by atoms with Crippen molar-refractivity contribution in [3.8, 4) is 0 Å². The van der Waals surface area contributed by atoms with E-state index >= 15 is 0 Å². The van der Waals surface area contributed by atoms with Crippen LogP contribution in [0.3, 0.4) is 0 Å². The fourth-order valence-corrected chi connectivity index (χ4v) is 2.69. The third kappa shape index (κ3) is 3.73. The van der Waals surface area contributed by atoms with Crippen LogP contribution in [0.15, 0.2) is 12.1 Å². The lowest BCUT2D eigenvalue weighted by molar-refractivity contribution is 0.0887. The zero-order valence-corrected chi connectivity index (χ0v) is 13.0. The quantitative estimate of drug-likeness (QED) is 0.840. The number of amides is 1. The van der Waals surface area contributed by atoms with Gasteiger partial charge in [-0.2, -0.15) is 0 Å². The van der Waals surface area contributed by atoms with Crippen LogP contribution < -0.4 is 11.1 Å². The van der Waals surface area contributed by atoms with Crippen LogP contribution >= 0.6 is 0 Å². The predicted molar refractivity (Wildman–Crippen MR) is 82.7 cm³/mol. The first-order chi connectivity index (χ1) is 9.81. The van der Waals surface area contributed by atoms with Gasteiger partial charge < -0.3 is 16.0 Å². The molecule has 1 aliphatic heterocycles. The van der Waals surface area contributed by atoms with Gasteiger partial charge in [-0.15, -0.1) is 0 Å². The number of hydrogen-bond acceptors (Lipinski definition) is 3. The molecule has 1 fully saturated rings. The Hall–Kier alpha value is -1.62. The van der Waals surface area contributed by atoms with Gasteiger partial charge in [-0.1, -0.05) is 6.92 Å². The summed E-state index contributed by atoms with van der Waals surface area (Å²) in [6.45, 7) is 6.39. The number of benzene rings is 1. The SMILES string of the molecule is Cc1cc(N)cc(C(=O)NCC2(C)CCN(C)CC2)c1F. The largest absolute Gasteiger partial charge is 0.399 e. The normalized spacial score (nSPS) is 18.5. The van der Waals surface area contributed by atoms with Crippen molar-refractivity contribution < 1.29 is 9.18 Å². The van der Waals surface area contributed by atoms with Crippen molar-refractivity contribution in [3.05, 3.63) is 29.1 Å². The van der Waals surface area contributed by atoms with Crippen LogP contribution in [0.1, 0.15) is 35.7 Å². The highest BCUT2D eigenvalue weighted by Crippen LogP contribution is 2.29. The molecule has 3 N–H and O–H groups in total. The molecule has 1 amide bonds. The molecule has 1 aliphatic rings.